The number of nitrogens with zero attached hydrogens (tertiary/aromatic N) is 2. The lowest BCUT2D eigenvalue weighted by Crippen LogP contribution is -1.97. The maximum Gasteiger partial charge on any atom is 0.119 e. The van der Waals surface area contributed by atoms with E-state index in [4.69, 9.17) is 10.00 Å². The van der Waals surface area contributed by atoms with Crippen molar-refractivity contribution in [3.8, 4) is 11.8 Å². The van der Waals surface area contributed by atoms with Gasteiger partial charge in [0.15, 0.2) is 0 Å². The molecule has 2 aromatic carbocycles. The highest BCUT2D eigenvalue weighted by Gasteiger charge is 2.01. The predicted molar refractivity (Wildman–Crippen MR) is 95.1 cm³/mol. The number of nitriles is 1. The maximum atomic E-state index is 8.82. The Hall–Kier alpha value is -3.38. The van der Waals surface area contributed by atoms with Crippen LogP contribution in [0.1, 0.15) is 22.4 Å². The fraction of sp³-hybridized carbons (Fsp3) is 0.0476. The molecule has 1 aromatic heterocycles. The van der Waals surface area contributed by atoms with Crippen molar-refractivity contribution in [2.75, 3.05) is 0 Å². The lowest BCUT2D eigenvalue weighted by Gasteiger charge is -2.09. The van der Waals surface area contributed by atoms with E-state index in [0.29, 0.717) is 12.2 Å². The summed E-state index contributed by atoms with van der Waals surface area (Å²) < 4.78 is 5.83. The summed E-state index contributed by atoms with van der Waals surface area (Å²) in [5, 5.41) is 8.82. The molecular formula is C21H16N2O. The van der Waals surface area contributed by atoms with Crippen molar-refractivity contribution in [2.45, 2.75) is 6.61 Å². The molecule has 0 aliphatic rings. The van der Waals surface area contributed by atoms with Crippen LogP contribution >= 0.6 is 0 Å². The van der Waals surface area contributed by atoms with E-state index in [2.05, 4.69) is 17.1 Å². The van der Waals surface area contributed by atoms with Crippen LogP contribution in [0.4, 0.5) is 0 Å². The lowest BCUT2D eigenvalue weighted by atomic mass is 10.1. The Morgan fingerprint density at radius 1 is 0.917 bits per heavy atom. The molecule has 0 bridgehead atoms. The standard InChI is InChI=1S/C21H16N2O/c22-15-17-8-12-21(13-9-17)24-16-19-6-2-1-5-18(19)10-11-20-7-3-4-14-23-20/h1-14H,16H2. The van der Waals surface area contributed by atoms with Crippen molar-refractivity contribution in [1.29, 1.82) is 5.26 Å². The van der Waals surface area contributed by atoms with Gasteiger partial charge >= 0.3 is 0 Å². The van der Waals surface area contributed by atoms with Gasteiger partial charge in [-0.15, -0.1) is 0 Å². The summed E-state index contributed by atoms with van der Waals surface area (Å²) >= 11 is 0. The molecule has 116 valence electrons. The molecule has 0 fully saturated rings. The van der Waals surface area contributed by atoms with Crippen LogP contribution in [0.2, 0.25) is 0 Å². The van der Waals surface area contributed by atoms with Crippen molar-refractivity contribution in [2.24, 2.45) is 0 Å². The zero-order chi connectivity index (χ0) is 16.6. The molecule has 0 amide bonds. The molecule has 0 aliphatic carbocycles. The van der Waals surface area contributed by atoms with Gasteiger partial charge in [-0.1, -0.05) is 36.4 Å². The van der Waals surface area contributed by atoms with Crippen molar-refractivity contribution >= 4 is 12.2 Å². The number of aromatic nitrogens is 1. The molecule has 3 aromatic rings. The molecule has 3 nitrogen and oxygen atoms in total. The van der Waals surface area contributed by atoms with Crippen LogP contribution in [0.25, 0.3) is 12.2 Å². The Bertz CT molecular complexity index is 862. The fourth-order valence-corrected chi connectivity index (χ4v) is 2.26. The van der Waals surface area contributed by atoms with E-state index in [1.807, 2.05) is 60.7 Å². The van der Waals surface area contributed by atoms with Crippen LogP contribution in [0.15, 0.2) is 72.9 Å². The SMILES string of the molecule is N#Cc1ccc(OCc2ccccc2C=Cc2ccccn2)cc1. The molecule has 0 atom stereocenters. The van der Waals surface area contributed by atoms with E-state index in [1.54, 1.807) is 18.3 Å². The highest BCUT2D eigenvalue weighted by molar-refractivity contribution is 5.69. The average Bonchev–Trinajstić information content (AvgIpc) is 2.66. The topological polar surface area (TPSA) is 45.9 Å². The third-order valence-electron chi connectivity index (χ3n) is 3.55. The van der Waals surface area contributed by atoms with Gasteiger partial charge in [-0.05, 0) is 53.6 Å². The minimum absolute atomic E-state index is 0.467. The van der Waals surface area contributed by atoms with Gasteiger partial charge in [0, 0.05) is 6.20 Å². The van der Waals surface area contributed by atoms with Crippen molar-refractivity contribution < 1.29 is 4.74 Å². The summed E-state index contributed by atoms with van der Waals surface area (Å²) in [6.45, 7) is 0.467. The first-order chi connectivity index (χ1) is 11.8. The number of rotatable bonds is 5. The van der Waals surface area contributed by atoms with E-state index in [9.17, 15) is 0 Å². The number of benzene rings is 2. The first kappa shape index (κ1) is 15.5. The molecule has 1 heterocycles. The molecule has 0 saturated carbocycles. The lowest BCUT2D eigenvalue weighted by molar-refractivity contribution is 0.306. The Balaban J connectivity index is 1.72. The summed E-state index contributed by atoms with van der Waals surface area (Å²) in [5.74, 6) is 0.748. The smallest absolute Gasteiger partial charge is 0.119 e. The number of hydrogen-bond acceptors (Lipinski definition) is 3. The molecule has 3 heteroatoms. The molecule has 3 rings (SSSR count). The van der Waals surface area contributed by atoms with Crippen molar-refractivity contribution in [1.82, 2.24) is 4.98 Å². The van der Waals surface area contributed by atoms with Gasteiger partial charge in [-0.2, -0.15) is 5.26 Å². The average molecular weight is 312 g/mol. The van der Waals surface area contributed by atoms with Gasteiger partial charge in [0.05, 0.1) is 17.3 Å². The Labute approximate surface area is 141 Å². The Kier molecular flexibility index (Phi) is 5.01. The second kappa shape index (κ2) is 7.75. The van der Waals surface area contributed by atoms with Gasteiger partial charge < -0.3 is 4.74 Å². The van der Waals surface area contributed by atoms with Gasteiger partial charge in [-0.25, -0.2) is 0 Å². The second-order valence-electron chi connectivity index (χ2n) is 5.21. The normalized spacial score (nSPS) is 10.5. The van der Waals surface area contributed by atoms with Crippen molar-refractivity contribution in [3.63, 3.8) is 0 Å². The minimum atomic E-state index is 0.467. The molecule has 0 radical (unpaired) electrons. The minimum Gasteiger partial charge on any atom is -0.489 e. The van der Waals surface area contributed by atoms with E-state index < -0.39 is 0 Å². The fourth-order valence-electron chi connectivity index (χ4n) is 2.26. The van der Waals surface area contributed by atoms with E-state index in [-0.39, 0.29) is 0 Å². The zero-order valence-electron chi connectivity index (χ0n) is 13.1. The highest BCUT2D eigenvalue weighted by Crippen LogP contribution is 2.17. The second-order valence-corrected chi connectivity index (χ2v) is 5.21. The van der Waals surface area contributed by atoms with Crippen molar-refractivity contribution in [3.05, 3.63) is 95.3 Å². The molecule has 0 aliphatic heterocycles. The molecule has 0 unspecified atom stereocenters. The summed E-state index contributed by atoms with van der Waals surface area (Å²) in [6.07, 6.45) is 5.81. The van der Waals surface area contributed by atoms with Crippen LogP contribution in [0.3, 0.4) is 0 Å². The number of ether oxygens (including phenoxy) is 1. The third kappa shape index (κ3) is 4.08. The molecule has 0 N–H and O–H groups in total. The zero-order valence-corrected chi connectivity index (χ0v) is 13.1. The van der Waals surface area contributed by atoms with E-state index in [1.165, 1.54) is 0 Å². The number of pyridine rings is 1. The number of hydrogen-bond donors (Lipinski definition) is 0. The van der Waals surface area contributed by atoms with E-state index >= 15 is 0 Å². The van der Waals surface area contributed by atoms with Crippen LogP contribution in [-0.2, 0) is 6.61 Å². The monoisotopic (exact) mass is 312 g/mol. The summed E-state index contributed by atoms with van der Waals surface area (Å²) in [4.78, 5) is 4.29. The first-order valence-corrected chi connectivity index (χ1v) is 7.65. The van der Waals surface area contributed by atoms with Crippen LogP contribution in [0, 0.1) is 11.3 Å². The third-order valence-corrected chi connectivity index (χ3v) is 3.55. The molecular weight excluding hydrogens is 296 g/mol. The summed E-state index contributed by atoms with van der Waals surface area (Å²) in [7, 11) is 0. The van der Waals surface area contributed by atoms with Crippen LogP contribution in [0.5, 0.6) is 5.75 Å². The Morgan fingerprint density at radius 3 is 2.46 bits per heavy atom. The van der Waals surface area contributed by atoms with Gasteiger partial charge in [-0.3, -0.25) is 4.98 Å². The van der Waals surface area contributed by atoms with Gasteiger partial charge in [0.1, 0.15) is 12.4 Å². The summed E-state index contributed by atoms with van der Waals surface area (Å²) in [5.41, 5.74) is 3.73. The predicted octanol–water partition coefficient (Wildman–Crippen LogP) is 4.70. The molecule has 24 heavy (non-hydrogen) atoms. The Morgan fingerprint density at radius 2 is 1.71 bits per heavy atom. The van der Waals surface area contributed by atoms with E-state index in [0.717, 1.165) is 22.6 Å². The summed E-state index contributed by atoms with van der Waals surface area (Å²) in [6, 6.07) is 23.1. The van der Waals surface area contributed by atoms with Crippen LogP contribution < -0.4 is 4.74 Å². The maximum absolute atomic E-state index is 8.82. The van der Waals surface area contributed by atoms with Gasteiger partial charge in [0.2, 0.25) is 0 Å². The molecule has 0 spiro atoms. The quantitative estimate of drug-likeness (QED) is 0.686. The highest BCUT2D eigenvalue weighted by atomic mass is 16.5. The molecule has 0 saturated heterocycles. The van der Waals surface area contributed by atoms with Crippen LogP contribution in [-0.4, -0.2) is 4.98 Å². The van der Waals surface area contributed by atoms with Gasteiger partial charge in [0.25, 0.3) is 0 Å². The largest absolute Gasteiger partial charge is 0.489 e. The first-order valence-electron chi connectivity index (χ1n) is 7.65.